The van der Waals surface area contributed by atoms with Crippen molar-refractivity contribution >= 4 is 11.8 Å². The first kappa shape index (κ1) is 15.9. The molecular weight excluding hydrogens is 216 g/mol. The summed E-state index contributed by atoms with van der Waals surface area (Å²) < 4.78 is 0. The van der Waals surface area contributed by atoms with Gasteiger partial charge < -0.3 is 10.6 Å². The van der Waals surface area contributed by atoms with E-state index in [-0.39, 0.29) is 11.8 Å². The van der Waals surface area contributed by atoms with Crippen LogP contribution in [0.3, 0.4) is 0 Å². The minimum absolute atomic E-state index is 0.00972. The van der Waals surface area contributed by atoms with Crippen LogP contribution in [0.15, 0.2) is 0 Å². The van der Waals surface area contributed by atoms with Crippen molar-refractivity contribution in [2.45, 2.75) is 47.0 Å². The van der Waals surface area contributed by atoms with Gasteiger partial charge in [0.2, 0.25) is 11.8 Å². The zero-order valence-electron chi connectivity index (χ0n) is 11.5. The normalized spacial score (nSPS) is 10.7. The smallest absolute Gasteiger partial charge is 0.221 e. The topological polar surface area (TPSA) is 58.2 Å². The highest BCUT2D eigenvalue weighted by Gasteiger charge is 2.05. The second-order valence-corrected chi connectivity index (χ2v) is 5.23. The van der Waals surface area contributed by atoms with E-state index in [1.807, 2.05) is 13.8 Å². The largest absolute Gasteiger partial charge is 0.356 e. The quantitative estimate of drug-likeness (QED) is 0.680. The first-order valence-corrected chi connectivity index (χ1v) is 6.45. The van der Waals surface area contributed by atoms with E-state index < -0.39 is 0 Å². The third-order valence-electron chi connectivity index (χ3n) is 2.31. The summed E-state index contributed by atoms with van der Waals surface area (Å²) in [5.41, 5.74) is 0. The third-order valence-corrected chi connectivity index (χ3v) is 2.31. The van der Waals surface area contributed by atoms with E-state index in [1.54, 1.807) is 0 Å². The molecule has 0 rings (SSSR count). The summed E-state index contributed by atoms with van der Waals surface area (Å²) in [4.78, 5) is 22.7. The monoisotopic (exact) mass is 242 g/mol. The van der Waals surface area contributed by atoms with E-state index in [0.717, 1.165) is 13.0 Å². The van der Waals surface area contributed by atoms with Crippen LogP contribution in [0.2, 0.25) is 0 Å². The Morgan fingerprint density at radius 2 is 1.47 bits per heavy atom. The van der Waals surface area contributed by atoms with Crippen LogP contribution in [0.4, 0.5) is 0 Å². The zero-order chi connectivity index (χ0) is 13.3. The van der Waals surface area contributed by atoms with Gasteiger partial charge in [-0.15, -0.1) is 0 Å². The fourth-order valence-electron chi connectivity index (χ4n) is 1.35. The molecular formula is C13H26N2O2. The molecule has 100 valence electrons. The van der Waals surface area contributed by atoms with Crippen molar-refractivity contribution in [1.82, 2.24) is 10.6 Å². The molecule has 0 spiro atoms. The van der Waals surface area contributed by atoms with Gasteiger partial charge >= 0.3 is 0 Å². The maximum absolute atomic E-state index is 11.4. The predicted molar refractivity (Wildman–Crippen MR) is 69.5 cm³/mol. The summed E-state index contributed by atoms with van der Waals surface area (Å²) in [7, 11) is 0. The van der Waals surface area contributed by atoms with E-state index in [0.29, 0.717) is 31.2 Å². The van der Waals surface area contributed by atoms with Gasteiger partial charge in [0.1, 0.15) is 0 Å². The number of carbonyl (C=O) groups excluding carboxylic acids is 2. The molecule has 0 heterocycles. The SMILES string of the molecule is CC(C)CCNC(=O)CCNC(=O)CC(C)C. The molecule has 0 aliphatic carbocycles. The molecule has 0 saturated heterocycles. The number of hydrogen-bond donors (Lipinski definition) is 2. The van der Waals surface area contributed by atoms with Crippen LogP contribution in [0, 0.1) is 11.8 Å². The summed E-state index contributed by atoms with van der Waals surface area (Å²) >= 11 is 0. The van der Waals surface area contributed by atoms with Crippen LogP contribution >= 0.6 is 0 Å². The third kappa shape index (κ3) is 11.2. The zero-order valence-corrected chi connectivity index (χ0v) is 11.5. The summed E-state index contributed by atoms with van der Waals surface area (Å²) in [6.07, 6.45) is 1.88. The number of hydrogen-bond acceptors (Lipinski definition) is 2. The van der Waals surface area contributed by atoms with Crippen LogP contribution < -0.4 is 10.6 Å². The molecule has 0 saturated carbocycles. The van der Waals surface area contributed by atoms with Gasteiger partial charge in [-0.1, -0.05) is 27.7 Å². The Hall–Kier alpha value is -1.06. The first-order chi connectivity index (χ1) is 7.91. The number of amides is 2. The van der Waals surface area contributed by atoms with Crippen molar-refractivity contribution in [2.24, 2.45) is 11.8 Å². The van der Waals surface area contributed by atoms with Gasteiger partial charge in [-0.2, -0.15) is 0 Å². The molecule has 4 nitrogen and oxygen atoms in total. The molecule has 0 fully saturated rings. The van der Waals surface area contributed by atoms with E-state index in [1.165, 1.54) is 0 Å². The standard InChI is InChI=1S/C13H26N2O2/c1-10(2)5-7-14-12(16)6-8-15-13(17)9-11(3)4/h10-11H,5-9H2,1-4H3,(H,14,16)(H,15,17). The molecule has 0 aromatic carbocycles. The molecule has 0 aliphatic rings. The maximum Gasteiger partial charge on any atom is 0.221 e. The van der Waals surface area contributed by atoms with E-state index in [2.05, 4.69) is 24.5 Å². The molecule has 2 N–H and O–H groups in total. The van der Waals surface area contributed by atoms with Gasteiger partial charge in [0.25, 0.3) is 0 Å². The molecule has 0 unspecified atom stereocenters. The lowest BCUT2D eigenvalue weighted by atomic mass is 10.1. The molecule has 0 aromatic heterocycles. The van der Waals surface area contributed by atoms with Gasteiger partial charge in [0, 0.05) is 25.9 Å². The Kier molecular flexibility index (Phi) is 8.46. The molecule has 0 aliphatic heterocycles. The molecule has 2 amide bonds. The van der Waals surface area contributed by atoms with Crippen molar-refractivity contribution in [3.63, 3.8) is 0 Å². The lowest BCUT2D eigenvalue weighted by Gasteiger charge is -2.08. The summed E-state index contributed by atoms with van der Waals surface area (Å²) in [6.45, 7) is 9.39. The van der Waals surface area contributed by atoms with Crippen molar-refractivity contribution in [3.05, 3.63) is 0 Å². The highest BCUT2D eigenvalue weighted by molar-refractivity contribution is 5.78. The van der Waals surface area contributed by atoms with Gasteiger partial charge in [-0.25, -0.2) is 0 Å². The van der Waals surface area contributed by atoms with Crippen molar-refractivity contribution < 1.29 is 9.59 Å². The summed E-state index contributed by atoms with van der Waals surface area (Å²) in [5, 5.41) is 5.58. The number of carbonyl (C=O) groups is 2. The number of nitrogens with one attached hydrogen (secondary N) is 2. The molecule has 17 heavy (non-hydrogen) atoms. The second-order valence-electron chi connectivity index (χ2n) is 5.23. The highest BCUT2D eigenvalue weighted by Crippen LogP contribution is 1.98. The van der Waals surface area contributed by atoms with Crippen molar-refractivity contribution in [3.8, 4) is 0 Å². The molecule has 0 aromatic rings. The van der Waals surface area contributed by atoms with Crippen LogP contribution in [0.5, 0.6) is 0 Å². The average Bonchev–Trinajstić information content (AvgIpc) is 2.15. The molecule has 0 bridgehead atoms. The molecule has 4 heteroatoms. The second kappa shape index (κ2) is 9.02. The average molecular weight is 242 g/mol. The van der Waals surface area contributed by atoms with E-state index >= 15 is 0 Å². The highest BCUT2D eigenvalue weighted by atomic mass is 16.2. The first-order valence-electron chi connectivity index (χ1n) is 6.45. The Bertz CT molecular complexity index is 238. The minimum Gasteiger partial charge on any atom is -0.356 e. The van der Waals surface area contributed by atoms with Gasteiger partial charge in [0.05, 0.1) is 0 Å². The summed E-state index contributed by atoms with van der Waals surface area (Å²) in [6, 6.07) is 0. The van der Waals surface area contributed by atoms with Crippen LogP contribution in [0.1, 0.15) is 47.0 Å². The van der Waals surface area contributed by atoms with E-state index in [4.69, 9.17) is 0 Å². The lowest BCUT2D eigenvalue weighted by molar-refractivity contribution is -0.122. The van der Waals surface area contributed by atoms with Crippen LogP contribution in [-0.2, 0) is 9.59 Å². The van der Waals surface area contributed by atoms with Gasteiger partial charge in [-0.05, 0) is 18.3 Å². The minimum atomic E-state index is 0.00972. The van der Waals surface area contributed by atoms with Crippen LogP contribution in [-0.4, -0.2) is 24.9 Å². The predicted octanol–water partition coefficient (Wildman–Crippen LogP) is 1.70. The van der Waals surface area contributed by atoms with Crippen molar-refractivity contribution in [1.29, 1.82) is 0 Å². The Morgan fingerprint density at radius 1 is 0.882 bits per heavy atom. The van der Waals surface area contributed by atoms with Gasteiger partial charge in [0.15, 0.2) is 0 Å². The number of rotatable bonds is 8. The lowest BCUT2D eigenvalue weighted by Crippen LogP contribution is -2.31. The Morgan fingerprint density at radius 3 is 2.00 bits per heavy atom. The van der Waals surface area contributed by atoms with Crippen molar-refractivity contribution in [2.75, 3.05) is 13.1 Å². The van der Waals surface area contributed by atoms with Crippen LogP contribution in [0.25, 0.3) is 0 Å². The fourth-order valence-corrected chi connectivity index (χ4v) is 1.35. The molecule has 0 atom stereocenters. The summed E-state index contributed by atoms with van der Waals surface area (Å²) in [5.74, 6) is 0.987. The van der Waals surface area contributed by atoms with E-state index in [9.17, 15) is 9.59 Å². The van der Waals surface area contributed by atoms with Gasteiger partial charge in [-0.3, -0.25) is 9.59 Å². The Labute approximate surface area is 105 Å². The molecule has 0 radical (unpaired) electrons. The Balaban J connectivity index is 3.48. The fraction of sp³-hybridized carbons (Fsp3) is 0.846. The maximum atomic E-state index is 11.4.